The van der Waals surface area contributed by atoms with Crippen molar-refractivity contribution in [2.45, 2.75) is 13.0 Å². The van der Waals surface area contributed by atoms with E-state index in [-0.39, 0.29) is 19.0 Å². The fourth-order valence-electron chi connectivity index (χ4n) is 1.23. The molecule has 0 radical (unpaired) electrons. The molecule has 0 saturated heterocycles. The van der Waals surface area contributed by atoms with Crippen LogP contribution in [0.25, 0.3) is 0 Å². The van der Waals surface area contributed by atoms with Gasteiger partial charge in [-0.15, -0.1) is 12.4 Å². The van der Waals surface area contributed by atoms with E-state index in [4.69, 9.17) is 5.73 Å². The summed E-state index contributed by atoms with van der Waals surface area (Å²) in [4.78, 5) is 16.6. The first-order chi connectivity index (χ1) is 7.54. The molecular formula is C10H14ClF2N3O. The number of carbonyl (C=O) groups is 1. The third-order valence-electron chi connectivity index (χ3n) is 2.03. The Kier molecular flexibility index (Phi) is 6.60. The van der Waals surface area contributed by atoms with E-state index in [9.17, 15) is 13.6 Å². The molecule has 0 fully saturated rings. The van der Waals surface area contributed by atoms with E-state index in [2.05, 4.69) is 4.98 Å². The lowest BCUT2D eigenvalue weighted by atomic mass is 10.2. The largest absolute Gasteiger partial charge is 0.336 e. The molecule has 0 bridgehead atoms. The van der Waals surface area contributed by atoms with E-state index in [0.29, 0.717) is 11.3 Å². The van der Waals surface area contributed by atoms with Crippen LogP contribution in [0.3, 0.4) is 0 Å². The van der Waals surface area contributed by atoms with E-state index in [1.165, 1.54) is 25.4 Å². The van der Waals surface area contributed by atoms with Gasteiger partial charge in [0.15, 0.2) is 0 Å². The second kappa shape index (κ2) is 7.13. The van der Waals surface area contributed by atoms with Crippen molar-refractivity contribution in [2.24, 2.45) is 5.73 Å². The van der Waals surface area contributed by atoms with Gasteiger partial charge in [0.1, 0.15) is 0 Å². The van der Waals surface area contributed by atoms with E-state index in [1.54, 1.807) is 0 Å². The van der Waals surface area contributed by atoms with Crippen molar-refractivity contribution in [3.05, 3.63) is 29.6 Å². The Hall–Kier alpha value is -1.27. The lowest BCUT2D eigenvalue weighted by Gasteiger charge is -2.16. The number of nitrogens with two attached hydrogens (primary N) is 1. The maximum atomic E-state index is 12.1. The van der Waals surface area contributed by atoms with Crippen molar-refractivity contribution < 1.29 is 13.6 Å². The van der Waals surface area contributed by atoms with Gasteiger partial charge in [0, 0.05) is 25.4 Å². The van der Waals surface area contributed by atoms with Crippen LogP contribution in [0.1, 0.15) is 16.1 Å². The predicted molar refractivity (Wildman–Crippen MR) is 62.3 cm³/mol. The number of alkyl halides is 2. The molecule has 17 heavy (non-hydrogen) atoms. The van der Waals surface area contributed by atoms with Crippen LogP contribution >= 0.6 is 12.4 Å². The van der Waals surface area contributed by atoms with Gasteiger partial charge in [0.2, 0.25) is 0 Å². The number of rotatable bonds is 4. The molecule has 0 unspecified atom stereocenters. The Labute approximate surface area is 104 Å². The minimum absolute atomic E-state index is 0. The number of pyridine rings is 1. The highest BCUT2D eigenvalue weighted by Gasteiger charge is 2.15. The summed E-state index contributed by atoms with van der Waals surface area (Å²) in [7, 11) is 1.33. The standard InChI is InChI=1S/C10H13F2N3O.ClH/c1-15(6-9(11)12)10(16)7-2-3-14-8(4-7)5-13;/h2-4,9H,5-6,13H2,1H3;1H. The topological polar surface area (TPSA) is 59.2 Å². The molecule has 7 heteroatoms. The molecule has 1 amide bonds. The summed E-state index contributed by atoms with van der Waals surface area (Å²) in [6.45, 7) is -0.376. The first-order valence-corrected chi connectivity index (χ1v) is 4.73. The van der Waals surface area contributed by atoms with Crippen LogP contribution in [0.2, 0.25) is 0 Å². The summed E-state index contributed by atoms with van der Waals surface area (Å²) < 4.78 is 24.2. The second-order valence-corrected chi connectivity index (χ2v) is 3.32. The lowest BCUT2D eigenvalue weighted by molar-refractivity contribution is 0.0620. The van der Waals surface area contributed by atoms with E-state index in [0.717, 1.165) is 4.90 Å². The van der Waals surface area contributed by atoms with Crippen LogP contribution in [-0.4, -0.2) is 35.8 Å². The quantitative estimate of drug-likeness (QED) is 0.893. The monoisotopic (exact) mass is 265 g/mol. The first kappa shape index (κ1) is 15.7. The number of hydrogen-bond donors (Lipinski definition) is 1. The Bertz CT molecular complexity index is 376. The summed E-state index contributed by atoms with van der Waals surface area (Å²) in [6, 6.07) is 2.98. The predicted octanol–water partition coefficient (Wildman–Crippen LogP) is 1.30. The SMILES string of the molecule is CN(CC(F)F)C(=O)c1ccnc(CN)c1.Cl. The van der Waals surface area contributed by atoms with Gasteiger partial charge >= 0.3 is 0 Å². The summed E-state index contributed by atoms with van der Waals surface area (Å²) >= 11 is 0. The summed E-state index contributed by atoms with van der Waals surface area (Å²) in [5, 5.41) is 0. The molecule has 0 aromatic carbocycles. The van der Waals surface area contributed by atoms with Crippen molar-refractivity contribution in [1.82, 2.24) is 9.88 Å². The third kappa shape index (κ3) is 4.62. The van der Waals surface area contributed by atoms with Gasteiger partial charge in [-0.1, -0.05) is 0 Å². The fraction of sp³-hybridized carbons (Fsp3) is 0.400. The highest BCUT2D eigenvalue weighted by molar-refractivity contribution is 5.94. The van der Waals surface area contributed by atoms with Gasteiger partial charge in [-0.3, -0.25) is 9.78 Å². The van der Waals surface area contributed by atoms with E-state index >= 15 is 0 Å². The first-order valence-electron chi connectivity index (χ1n) is 4.73. The lowest BCUT2D eigenvalue weighted by Crippen LogP contribution is -2.31. The van der Waals surface area contributed by atoms with Crippen molar-refractivity contribution >= 4 is 18.3 Å². The Morgan fingerprint density at radius 2 is 2.24 bits per heavy atom. The summed E-state index contributed by atoms with van der Waals surface area (Å²) in [5.74, 6) is -0.461. The van der Waals surface area contributed by atoms with Gasteiger partial charge in [-0.25, -0.2) is 8.78 Å². The highest BCUT2D eigenvalue weighted by Crippen LogP contribution is 2.06. The van der Waals surface area contributed by atoms with Gasteiger partial charge in [-0.05, 0) is 12.1 Å². The van der Waals surface area contributed by atoms with Crippen LogP contribution in [0.4, 0.5) is 8.78 Å². The molecule has 96 valence electrons. The fourth-order valence-corrected chi connectivity index (χ4v) is 1.23. The zero-order valence-electron chi connectivity index (χ0n) is 9.27. The molecule has 2 N–H and O–H groups in total. The van der Waals surface area contributed by atoms with Crippen LogP contribution in [0.5, 0.6) is 0 Å². The van der Waals surface area contributed by atoms with Crippen LogP contribution in [0.15, 0.2) is 18.3 Å². The number of amides is 1. The number of halogens is 3. The normalized spacial score (nSPS) is 9.94. The maximum Gasteiger partial charge on any atom is 0.255 e. The molecule has 0 spiro atoms. The molecule has 0 atom stereocenters. The van der Waals surface area contributed by atoms with Crippen molar-refractivity contribution in [3.8, 4) is 0 Å². The van der Waals surface area contributed by atoms with Gasteiger partial charge in [0.25, 0.3) is 12.3 Å². The molecule has 0 aliphatic heterocycles. The molecule has 1 rings (SSSR count). The zero-order valence-corrected chi connectivity index (χ0v) is 10.1. The number of carbonyl (C=O) groups excluding carboxylic acids is 1. The van der Waals surface area contributed by atoms with Gasteiger partial charge in [-0.2, -0.15) is 0 Å². The molecule has 1 aromatic rings. The minimum Gasteiger partial charge on any atom is -0.336 e. The summed E-state index contributed by atoms with van der Waals surface area (Å²) in [5.41, 5.74) is 6.24. The molecule has 1 aromatic heterocycles. The van der Waals surface area contributed by atoms with Gasteiger partial charge in [0.05, 0.1) is 12.2 Å². The number of aromatic nitrogens is 1. The highest BCUT2D eigenvalue weighted by atomic mass is 35.5. The summed E-state index contributed by atoms with van der Waals surface area (Å²) in [6.07, 6.45) is -1.10. The second-order valence-electron chi connectivity index (χ2n) is 3.32. The van der Waals surface area contributed by atoms with Crippen molar-refractivity contribution in [2.75, 3.05) is 13.6 Å². The molecular weight excluding hydrogens is 252 g/mol. The minimum atomic E-state index is -2.54. The number of nitrogens with zero attached hydrogens (tertiary/aromatic N) is 2. The molecule has 4 nitrogen and oxygen atoms in total. The van der Waals surface area contributed by atoms with Crippen LogP contribution in [-0.2, 0) is 6.54 Å². The van der Waals surface area contributed by atoms with E-state index in [1.807, 2.05) is 0 Å². The van der Waals surface area contributed by atoms with Crippen molar-refractivity contribution in [3.63, 3.8) is 0 Å². The molecule has 0 saturated carbocycles. The van der Waals surface area contributed by atoms with Gasteiger partial charge < -0.3 is 10.6 Å². The average molecular weight is 266 g/mol. The smallest absolute Gasteiger partial charge is 0.255 e. The molecule has 0 aliphatic rings. The van der Waals surface area contributed by atoms with Crippen LogP contribution < -0.4 is 5.73 Å². The third-order valence-corrected chi connectivity index (χ3v) is 2.03. The Morgan fingerprint density at radius 3 is 2.76 bits per heavy atom. The molecule has 1 heterocycles. The Morgan fingerprint density at radius 1 is 1.59 bits per heavy atom. The number of hydrogen-bond acceptors (Lipinski definition) is 3. The van der Waals surface area contributed by atoms with Crippen LogP contribution in [0, 0.1) is 0 Å². The Balaban J connectivity index is 0.00000256. The van der Waals surface area contributed by atoms with Crippen molar-refractivity contribution in [1.29, 1.82) is 0 Å². The maximum absolute atomic E-state index is 12.1. The average Bonchev–Trinajstić information content (AvgIpc) is 2.27. The zero-order chi connectivity index (χ0) is 12.1. The van der Waals surface area contributed by atoms with E-state index < -0.39 is 18.9 Å². The molecule has 0 aliphatic carbocycles.